The van der Waals surface area contributed by atoms with Crippen LogP contribution < -0.4 is 0 Å². The lowest BCUT2D eigenvalue weighted by atomic mass is 10.1. The smallest absolute Gasteiger partial charge is 0.417 e. The van der Waals surface area contributed by atoms with Gasteiger partial charge in [0.05, 0.1) is 11.7 Å². The highest BCUT2D eigenvalue weighted by Crippen LogP contribution is 2.23. The van der Waals surface area contributed by atoms with E-state index in [1.807, 2.05) is 30.3 Å². The van der Waals surface area contributed by atoms with E-state index < -0.39 is 6.09 Å². The largest absolute Gasteiger partial charge is 0.439 e. The van der Waals surface area contributed by atoms with Crippen molar-refractivity contribution in [1.82, 2.24) is 19.6 Å². The number of amides is 3. The zero-order valence-corrected chi connectivity index (χ0v) is 14.3. The Labute approximate surface area is 149 Å². The molecule has 2 aliphatic heterocycles. The lowest BCUT2D eigenvalue weighted by Crippen LogP contribution is -2.42. The van der Waals surface area contributed by atoms with Gasteiger partial charge in [0.1, 0.15) is 5.69 Å². The first-order valence-corrected chi connectivity index (χ1v) is 8.42. The molecule has 2 aliphatic rings. The molecule has 8 heteroatoms. The number of carbonyl (C=O) groups is 3. The molecule has 4 rings (SSSR count). The Hall–Kier alpha value is -3.16. The molecular weight excluding hydrogens is 336 g/mol. The van der Waals surface area contributed by atoms with Crippen LogP contribution in [0.5, 0.6) is 0 Å². The fraction of sp³-hybridized carbons (Fsp3) is 0.333. The summed E-state index contributed by atoms with van der Waals surface area (Å²) in [7, 11) is 1.73. The SMILES string of the molecule is Cn1nc(-c2ccccc2)cc1C(=O)N1CCC(N2C(=O)COC2=O)C1. The molecule has 1 aromatic carbocycles. The highest BCUT2D eigenvalue weighted by Gasteiger charge is 2.41. The van der Waals surface area contributed by atoms with Crippen LogP contribution in [0.2, 0.25) is 0 Å². The summed E-state index contributed by atoms with van der Waals surface area (Å²) < 4.78 is 6.32. The number of carbonyl (C=O) groups excluding carboxylic acids is 3. The van der Waals surface area contributed by atoms with Crippen molar-refractivity contribution in [2.45, 2.75) is 12.5 Å². The molecule has 2 aromatic rings. The van der Waals surface area contributed by atoms with E-state index >= 15 is 0 Å². The number of nitrogens with zero attached hydrogens (tertiary/aromatic N) is 4. The van der Waals surface area contributed by atoms with Crippen LogP contribution in [0.4, 0.5) is 4.79 Å². The summed E-state index contributed by atoms with van der Waals surface area (Å²) in [5.41, 5.74) is 2.14. The highest BCUT2D eigenvalue weighted by atomic mass is 16.6. The van der Waals surface area contributed by atoms with E-state index in [4.69, 9.17) is 4.74 Å². The minimum absolute atomic E-state index is 0.162. The molecule has 0 N–H and O–H groups in total. The third-order valence-electron chi connectivity index (χ3n) is 4.77. The second-order valence-corrected chi connectivity index (χ2v) is 6.42. The number of hydrogen-bond donors (Lipinski definition) is 0. The lowest BCUT2D eigenvalue weighted by Gasteiger charge is -2.20. The van der Waals surface area contributed by atoms with Crippen LogP contribution in [-0.4, -0.2) is 63.2 Å². The van der Waals surface area contributed by atoms with Gasteiger partial charge in [0, 0.05) is 25.7 Å². The highest BCUT2D eigenvalue weighted by molar-refractivity contribution is 5.98. The Bertz CT molecular complexity index is 861. The molecular formula is C18H18N4O4. The Morgan fingerprint density at radius 1 is 1.23 bits per heavy atom. The Balaban J connectivity index is 1.51. The molecule has 1 unspecified atom stereocenters. The lowest BCUT2D eigenvalue weighted by molar-refractivity contribution is -0.127. The topological polar surface area (TPSA) is 84.7 Å². The van der Waals surface area contributed by atoms with E-state index in [-0.39, 0.29) is 24.5 Å². The quantitative estimate of drug-likeness (QED) is 0.829. The molecule has 0 saturated carbocycles. The van der Waals surface area contributed by atoms with Crippen LogP contribution in [-0.2, 0) is 16.6 Å². The van der Waals surface area contributed by atoms with Crippen molar-refractivity contribution in [3.05, 3.63) is 42.1 Å². The second-order valence-electron chi connectivity index (χ2n) is 6.42. The van der Waals surface area contributed by atoms with Gasteiger partial charge in [-0.25, -0.2) is 9.69 Å². The van der Waals surface area contributed by atoms with Gasteiger partial charge in [0.15, 0.2) is 6.61 Å². The van der Waals surface area contributed by atoms with E-state index in [0.29, 0.717) is 25.2 Å². The van der Waals surface area contributed by atoms with Crippen LogP contribution in [0.1, 0.15) is 16.9 Å². The van der Waals surface area contributed by atoms with Crippen LogP contribution in [0.3, 0.4) is 0 Å². The third-order valence-corrected chi connectivity index (χ3v) is 4.77. The van der Waals surface area contributed by atoms with Crippen molar-refractivity contribution < 1.29 is 19.1 Å². The number of imide groups is 1. The summed E-state index contributed by atoms with van der Waals surface area (Å²) in [4.78, 5) is 39.2. The summed E-state index contributed by atoms with van der Waals surface area (Å²) in [5.74, 6) is -0.508. The molecule has 2 saturated heterocycles. The maximum absolute atomic E-state index is 12.9. The van der Waals surface area contributed by atoms with Crippen molar-refractivity contribution in [2.24, 2.45) is 7.05 Å². The van der Waals surface area contributed by atoms with E-state index in [0.717, 1.165) is 16.2 Å². The molecule has 0 bridgehead atoms. The van der Waals surface area contributed by atoms with E-state index in [1.165, 1.54) is 0 Å². The average Bonchev–Trinajstić information content (AvgIpc) is 3.34. The number of aromatic nitrogens is 2. The molecule has 1 aromatic heterocycles. The van der Waals surface area contributed by atoms with Crippen molar-refractivity contribution in [2.75, 3.05) is 19.7 Å². The van der Waals surface area contributed by atoms with E-state index in [2.05, 4.69) is 5.10 Å². The van der Waals surface area contributed by atoms with Gasteiger partial charge in [-0.15, -0.1) is 0 Å². The van der Waals surface area contributed by atoms with Gasteiger partial charge in [0.2, 0.25) is 0 Å². The maximum atomic E-state index is 12.9. The maximum Gasteiger partial charge on any atom is 0.417 e. The number of cyclic esters (lactones) is 1. The zero-order valence-electron chi connectivity index (χ0n) is 14.3. The number of aryl methyl sites for hydroxylation is 1. The Morgan fingerprint density at radius 3 is 2.69 bits per heavy atom. The first kappa shape index (κ1) is 16.3. The third kappa shape index (κ3) is 2.73. The standard InChI is InChI=1S/C18H18N4O4/c1-20-15(9-14(19-20)12-5-3-2-4-6-12)17(24)21-8-7-13(10-21)22-16(23)11-26-18(22)25/h2-6,9,13H,7-8,10-11H2,1H3. The van der Waals surface area contributed by atoms with Gasteiger partial charge < -0.3 is 9.64 Å². The van der Waals surface area contributed by atoms with Gasteiger partial charge in [-0.2, -0.15) is 5.10 Å². The fourth-order valence-electron chi connectivity index (χ4n) is 3.43. The van der Waals surface area contributed by atoms with E-state index in [1.54, 1.807) is 22.7 Å². The minimum Gasteiger partial charge on any atom is -0.439 e. The van der Waals surface area contributed by atoms with Crippen molar-refractivity contribution in [3.63, 3.8) is 0 Å². The minimum atomic E-state index is -0.624. The molecule has 0 spiro atoms. The molecule has 134 valence electrons. The summed E-state index contributed by atoms with van der Waals surface area (Å²) >= 11 is 0. The molecule has 8 nitrogen and oxygen atoms in total. The van der Waals surface area contributed by atoms with Gasteiger partial charge in [0.25, 0.3) is 11.8 Å². The molecule has 1 atom stereocenters. The monoisotopic (exact) mass is 354 g/mol. The van der Waals surface area contributed by atoms with Crippen molar-refractivity contribution in [3.8, 4) is 11.3 Å². The summed E-state index contributed by atoms with van der Waals surface area (Å²) in [6.45, 7) is 0.573. The summed E-state index contributed by atoms with van der Waals surface area (Å²) in [5, 5.41) is 4.42. The second kappa shape index (κ2) is 6.29. The summed E-state index contributed by atoms with van der Waals surface area (Å²) in [6, 6.07) is 11.1. The molecule has 2 fully saturated rings. The zero-order chi connectivity index (χ0) is 18.3. The van der Waals surface area contributed by atoms with Crippen LogP contribution >= 0.6 is 0 Å². The first-order valence-electron chi connectivity index (χ1n) is 8.42. The molecule has 0 radical (unpaired) electrons. The number of hydrogen-bond acceptors (Lipinski definition) is 5. The molecule has 26 heavy (non-hydrogen) atoms. The first-order chi connectivity index (χ1) is 12.5. The Kier molecular flexibility index (Phi) is 3.95. The van der Waals surface area contributed by atoms with Crippen LogP contribution in [0.25, 0.3) is 11.3 Å². The van der Waals surface area contributed by atoms with Gasteiger partial charge in [-0.3, -0.25) is 14.3 Å². The van der Waals surface area contributed by atoms with Crippen LogP contribution in [0, 0.1) is 0 Å². The van der Waals surface area contributed by atoms with Gasteiger partial charge >= 0.3 is 6.09 Å². The fourth-order valence-corrected chi connectivity index (χ4v) is 3.43. The predicted octanol–water partition coefficient (Wildman–Crippen LogP) is 1.28. The Morgan fingerprint density at radius 2 is 2.00 bits per heavy atom. The molecule has 0 aliphatic carbocycles. The number of benzene rings is 1. The average molecular weight is 354 g/mol. The summed E-state index contributed by atoms with van der Waals surface area (Å²) in [6.07, 6.45) is -0.0723. The van der Waals surface area contributed by atoms with Crippen LogP contribution in [0.15, 0.2) is 36.4 Å². The number of ether oxygens (including phenoxy) is 1. The number of rotatable bonds is 3. The predicted molar refractivity (Wildman–Crippen MR) is 91.1 cm³/mol. The van der Waals surface area contributed by atoms with Gasteiger partial charge in [-0.1, -0.05) is 30.3 Å². The molecule has 3 amide bonds. The van der Waals surface area contributed by atoms with E-state index in [9.17, 15) is 14.4 Å². The molecule has 3 heterocycles. The number of likely N-dealkylation sites (tertiary alicyclic amines) is 1. The normalized spacial score (nSPS) is 20.0. The van der Waals surface area contributed by atoms with Gasteiger partial charge in [-0.05, 0) is 12.5 Å². The van der Waals surface area contributed by atoms with Crippen molar-refractivity contribution in [1.29, 1.82) is 0 Å². The van der Waals surface area contributed by atoms with Crippen molar-refractivity contribution >= 4 is 17.9 Å².